The highest BCUT2D eigenvalue weighted by Gasteiger charge is 2.22. The number of nitrogens with zero attached hydrogens (tertiary/aromatic N) is 5. The summed E-state index contributed by atoms with van der Waals surface area (Å²) in [5.41, 5.74) is 8.43. The average Bonchev–Trinajstić information content (AvgIpc) is 3.24. The number of pyridine rings is 1. The largest absolute Gasteiger partial charge is 0.365 e. The van der Waals surface area contributed by atoms with Gasteiger partial charge in [0.1, 0.15) is 10.7 Å². The Kier molecular flexibility index (Phi) is 4.60. The fourth-order valence-electron chi connectivity index (χ4n) is 3.21. The summed E-state index contributed by atoms with van der Waals surface area (Å²) in [4.78, 5) is 29.8. The van der Waals surface area contributed by atoms with Gasteiger partial charge in [0.25, 0.3) is 5.91 Å². The second kappa shape index (κ2) is 6.96. The Labute approximate surface area is 170 Å². The number of carbonyl (C=O) groups excluding carboxylic acids is 1. The minimum absolute atomic E-state index is 0.269. The van der Waals surface area contributed by atoms with Crippen LogP contribution in [0.1, 0.15) is 41.4 Å². The van der Waals surface area contributed by atoms with Crippen molar-refractivity contribution in [2.24, 2.45) is 5.73 Å². The van der Waals surface area contributed by atoms with Crippen molar-refractivity contribution in [3.05, 3.63) is 52.0 Å². The Morgan fingerprint density at radius 2 is 2.07 bits per heavy atom. The lowest BCUT2D eigenvalue weighted by molar-refractivity contribution is 0.0999. The first-order valence-corrected chi connectivity index (χ1v) is 9.87. The molecule has 7 nitrogen and oxygen atoms in total. The summed E-state index contributed by atoms with van der Waals surface area (Å²) >= 11 is 7.30. The Morgan fingerprint density at radius 1 is 1.29 bits per heavy atom. The molecule has 28 heavy (non-hydrogen) atoms. The molecule has 0 spiro atoms. The molecule has 0 aromatic carbocycles. The topological polar surface area (TPSA) is 99.6 Å². The number of aryl methyl sites for hydroxylation is 1. The lowest BCUT2D eigenvalue weighted by Gasteiger charge is -2.12. The van der Waals surface area contributed by atoms with Crippen LogP contribution in [0.15, 0.2) is 30.0 Å². The van der Waals surface area contributed by atoms with Gasteiger partial charge in [0, 0.05) is 29.4 Å². The number of carbonyl (C=O) groups is 1. The Hall–Kier alpha value is -2.84. The smallest absolute Gasteiger partial charge is 0.254 e. The van der Waals surface area contributed by atoms with E-state index in [1.54, 1.807) is 18.5 Å². The first-order valence-electron chi connectivity index (χ1n) is 8.62. The molecule has 4 rings (SSSR count). The summed E-state index contributed by atoms with van der Waals surface area (Å²) in [6.45, 7) is 5.95. The van der Waals surface area contributed by atoms with Gasteiger partial charge in [-0.3, -0.25) is 9.78 Å². The first-order chi connectivity index (χ1) is 13.4. The molecule has 0 aliphatic rings. The van der Waals surface area contributed by atoms with Crippen LogP contribution in [0.3, 0.4) is 0 Å². The molecule has 0 radical (unpaired) electrons. The normalized spacial score (nSPS) is 11.5. The maximum atomic E-state index is 12.2. The molecule has 0 unspecified atom stereocenters. The van der Waals surface area contributed by atoms with Crippen LogP contribution in [-0.4, -0.2) is 30.4 Å². The van der Waals surface area contributed by atoms with E-state index in [-0.39, 0.29) is 11.5 Å². The average molecular weight is 413 g/mol. The minimum atomic E-state index is -0.585. The van der Waals surface area contributed by atoms with Gasteiger partial charge < -0.3 is 10.3 Å². The van der Waals surface area contributed by atoms with Crippen molar-refractivity contribution in [1.29, 1.82) is 0 Å². The van der Waals surface area contributed by atoms with Gasteiger partial charge in [-0.1, -0.05) is 25.4 Å². The lowest BCUT2D eigenvalue weighted by Crippen LogP contribution is -2.19. The maximum Gasteiger partial charge on any atom is 0.254 e. The number of halogens is 1. The third-order valence-electron chi connectivity index (χ3n) is 4.47. The molecule has 4 aromatic rings. The molecule has 0 bridgehead atoms. The SMILES string of the molecule is Cc1nc(-c2nc(Cl)cs2)nc(-n2cc(C(C)C)c3cnccc32)c1C(N)=O. The van der Waals surface area contributed by atoms with Gasteiger partial charge in [0.2, 0.25) is 0 Å². The molecular weight excluding hydrogens is 396 g/mol. The summed E-state index contributed by atoms with van der Waals surface area (Å²) in [5.74, 6) is 0.504. The van der Waals surface area contributed by atoms with E-state index in [1.165, 1.54) is 11.3 Å². The third-order valence-corrected chi connectivity index (χ3v) is 5.63. The molecule has 1 amide bonds. The zero-order valence-electron chi connectivity index (χ0n) is 15.5. The van der Waals surface area contributed by atoms with Crippen molar-refractivity contribution in [3.63, 3.8) is 0 Å². The van der Waals surface area contributed by atoms with Gasteiger partial charge >= 0.3 is 0 Å². The molecular formula is C19H17ClN6OS. The lowest BCUT2D eigenvalue weighted by atomic mass is 10.0. The van der Waals surface area contributed by atoms with Crippen LogP contribution >= 0.6 is 22.9 Å². The fraction of sp³-hybridized carbons (Fsp3) is 0.211. The Morgan fingerprint density at radius 3 is 2.71 bits per heavy atom. The van der Waals surface area contributed by atoms with Gasteiger partial charge in [0.15, 0.2) is 16.6 Å². The molecule has 0 saturated heterocycles. The monoisotopic (exact) mass is 412 g/mol. The van der Waals surface area contributed by atoms with E-state index in [0.717, 1.165) is 16.5 Å². The van der Waals surface area contributed by atoms with Gasteiger partial charge in [-0.2, -0.15) is 0 Å². The second-order valence-corrected chi connectivity index (χ2v) is 7.92. The summed E-state index contributed by atoms with van der Waals surface area (Å²) in [5, 5.41) is 3.67. The highest BCUT2D eigenvalue weighted by Crippen LogP contribution is 2.32. The number of thiazole rings is 1. The number of primary amides is 1. The zero-order valence-corrected chi connectivity index (χ0v) is 17.0. The van der Waals surface area contributed by atoms with Crippen LogP contribution in [0.4, 0.5) is 0 Å². The standard InChI is InChI=1S/C19H17ClN6OS/c1-9(2)12-7-26(13-4-5-22-6-11(12)13)18-15(16(21)27)10(3)23-17(25-18)19-24-14(20)8-28-19/h4-9H,1-3H3,(H2,21,27). The number of aromatic nitrogens is 5. The van der Waals surface area contributed by atoms with Gasteiger partial charge in [-0.25, -0.2) is 15.0 Å². The van der Waals surface area contributed by atoms with E-state index < -0.39 is 5.91 Å². The Balaban J connectivity index is 2.05. The molecule has 0 fully saturated rings. The van der Waals surface area contributed by atoms with Crippen molar-refractivity contribution in [1.82, 2.24) is 24.5 Å². The molecule has 2 N–H and O–H groups in total. The van der Waals surface area contributed by atoms with Crippen molar-refractivity contribution in [2.75, 3.05) is 0 Å². The number of rotatable bonds is 4. The predicted octanol–water partition coefficient (Wildman–Crippen LogP) is 4.12. The molecule has 0 saturated carbocycles. The van der Waals surface area contributed by atoms with Crippen LogP contribution in [0.5, 0.6) is 0 Å². The van der Waals surface area contributed by atoms with Gasteiger partial charge in [-0.15, -0.1) is 11.3 Å². The van der Waals surface area contributed by atoms with E-state index in [4.69, 9.17) is 17.3 Å². The maximum absolute atomic E-state index is 12.2. The third kappa shape index (κ3) is 3.04. The summed E-state index contributed by atoms with van der Waals surface area (Å²) in [6.07, 6.45) is 5.51. The van der Waals surface area contributed by atoms with Crippen LogP contribution in [0.2, 0.25) is 5.15 Å². The highest BCUT2D eigenvalue weighted by molar-refractivity contribution is 7.13. The van der Waals surface area contributed by atoms with Crippen LogP contribution in [0, 0.1) is 6.92 Å². The van der Waals surface area contributed by atoms with Gasteiger partial charge in [-0.05, 0) is 24.5 Å². The van der Waals surface area contributed by atoms with Crippen molar-refractivity contribution in [3.8, 4) is 16.6 Å². The predicted molar refractivity (Wildman–Crippen MR) is 110 cm³/mol. The zero-order chi connectivity index (χ0) is 20.0. The molecule has 0 aliphatic carbocycles. The van der Waals surface area contributed by atoms with Crippen LogP contribution < -0.4 is 5.73 Å². The molecule has 4 aromatic heterocycles. The van der Waals surface area contributed by atoms with Crippen molar-refractivity contribution in [2.45, 2.75) is 26.7 Å². The number of hydrogen-bond acceptors (Lipinski definition) is 6. The number of nitrogens with two attached hydrogens (primary N) is 1. The van der Waals surface area contributed by atoms with Gasteiger partial charge in [0.05, 0.1) is 11.2 Å². The first kappa shape index (κ1) is 18.5. The minimum Gasteiger partial charge on any atom is -0.365 e. The fourth-order valence-corrected chi connectivity index (χ4v) is 4.08. The molecule has 0 aliphatic heterocycles. The number of amides is 1. The van der Waals surface area contributed by atoms with E-state index in [0.29, 0.717) is 27.5 Å². The van der Waals surface area contributed by atoms with Crippen molar-refractivity contribution >= 4 is 39.7 Å². The van der Waals surface area contributed by atoms with E-state index in [1.807, 2.05) is 23.0 Å². The highest BCUT2D eigenvalue weighted by atomic mass is 35.5. The number of hydrogen-bond donors (Lipinski definition) is 1. The summed E-state index contributed by atoms with van der Waals surface area (Å²) < 4.78 is 1.87. The quantitative estimate of drug-likeness (QED) is 0.543. The second-order valence-electron chi connectivity index (χ2n) is 6.67. The van der Waals surface area contributed by atoms with E-state index in [9.17, 15) is 4.79 Å². The molecule has 4 heterocycles. The van der Waals surface area contributed by atoms with E-state index in [2.05, 4.69) is 33.8 Å². The molecule has 142 valence electrons. The van der Waals surface area contributed by atoms with Crippen LogP contribution in [-0.2, 0) is 0 Å². The molecule has 0 atom stereocenters. The number of fused-ring (bicyclic) bond motifs is 1. The summed E-state index contributed by atoms with van der Waals surface area (Å²) in [7, 11) is 0. The van der Waals surface area contributed by atoms with Crippen molar-refractivity contribution < 1.29 is 4.79 Å². The molecule has 9 heteroatoms. The summed E-state index contributed by atoms with van der Waals surface area (Å²) in [6, 6.07) is 1.89. The Bertz CT molecular complexity index is 1210. The van der Waals surface area contributed by atoms with Crippen LogP contribution in [0.25, 0.3) is 27.6 Å². The van der Waals surface area contributed by atoms with E-state index >= 15 is 0 Å².